The Labute approximate surface area is 327 Å². The van der Waals surface area contributed by atoms with Gasteiger partial charge in [-0.15, -0.1) is 0 Å². The molecular formula is C56H40. The maximum Gasteiger partial charge on any atom is 0.0159 e. The highest BCUT2D eigenvalue weighted by atomic mass is 14.4. The van der Waals surface area contributed by atoms with E-state index in [2.05, 4.69) is 198 Å². The lowest BCUT2D eigenvalue weighted by Gasteiger charge is -2.36. The molecule has 0 unspecified atom stereocenters. The molecule has 264 valence electrons. The van der Waals surface area contributed by atoms with Crippen LogP contribution in [0, 0.1) is 0 Å². The van der Waals surface area contributed by atoms with E-state index >= 15 is 0 Å². The summed E-state index contributed by atoms with van der Waals surface area (Å²) in [6.07, 6.45) is 0. The van der Waals surface area contributed by atoms with Gasteiger partial charge in [-0.3, -0.25) is 0 Å². The second kappa shape index (κ2) is 11.1. The maximum atomic E-state index is 2.56. The molecular weight excluding hydrogens is 673 g/mol. The van der Waals surface area contributed by atoms with E-state index in [4.69, 9.17) is 0 Å². The first-order valence-corrected chi connectivity index (χ1v) is 20.0. The Morgan fingerprint density at radius 3 is 1.39 bits per heavy atom. The average molecular weight is 713 g/mol. The van der Waals surface area contributed by atoms with E-state index in [0.29, 0.717) is 0 Å². The average Bonchev–Trinajstić information content (AvgIpc) is 3.46. The highest BCUT2D eigenvalue weighted by Gasteiger charge is 2.41. The highest BCUT2D eigenvalue weighted by molar-refractivity contribution is 6.18. The quantitative estimate of drug-likeness (QED) is 0.157. The van der Waals surface area contributed by atoms with Gasteiger partial charge in [0.05, 0.1) is 0 Å². The summed E-state index contributed by atoms with van der Waals surface area (Å²) in [7, 11) is 0. The van der Waals surface area contributed by atoms with E-state index in [1.807, 2.05) is 0 Å². The zero-order valence-corrected chi connectivity index (χ0v) is 32.2. The van der Waals surface area contributed by atoms with E-state index in [-0.39, 0.29) is 10.8 Å². The van der Waals surface area contributed by atoms with Gasteiger partial charge in [0.15, 0.2) is 0 Å². The van der Waals surface area contributed by atoms with Gasteiger partial charge in [0.2, 0.25) is 0 Å². The minimum atomic E-state index is -0.183. The number of hydrogen-bond donors (Lipinski definition) is 0. The molecule has 2 aliphatic rings. The number of benzene rings is 10. The van der Waals surface area contributed by atoms with Crippen LogP contribution < -0.4 is 0 Å². The first-order valence-electron chi connectivity index (χ1n) is 20.0. The van der Waals surface area contributed by atoms with Crippen LogP contribution in [0.4, 0.5) is 0 Å². The van der Waals surface area contributed by atoms with Crippen molar-refractivity contribution < 1.29 is 0 Å². The van der Waals surface area contributed by atoms with Crippen molar-refractivity contribution in [2.24, 2.45) is 0 Å². The molecule has 56 heavy (non-hydrogen) atoms. The molecule has 0 bridgehead atoms. The fourth-order valence-corrected chi connectivity index (χ4v) is 10.8. The Balaban J connectivity index is 1.06. The van der Waals surface area contributed by atoms with Crippen LogP contribution >= 0.6 is 0 Å². The number of hydrogen-bond acceptors (Lipinski definition) is 0. The van der Waals surface area contributed by atoms with Crippen molar-refractivity contribution in [3.63, 3.8) is 0 Å². The van der Waals surface area contributed by atoms with Crippen LogP contribution in [0.25, 0.3) is 98.4 Å². The SMILES string of the molecule is CC1(C)c2cc(-c3cc4ccccc4c4ccccc34)ccc2-c2cc3c(cc21)-c1ccc(-c2cc4ccccc4c4ccccc24)c2cccc(c12)C3(C)C. The Morgan fingerprint density at radius 2 is 0.732 bits per heavy atom. The molecule has 0 nitrogen and oxygen atoms in total. The summed E-state index contributed by atoms with van der Waals surface area (Å²) < 4.78 is 0. The van der Waals surface area contributed by atoms with Crippen LogP contribution in [0.15, 0.2) is 170 Å². The minimum absolute atomic E-state index is 0.160. The first kappa shape index (κ1) is 31.8. The van der Waals surface area contributed by atoms with Crippen molar-refractivity contribution in [2.45, 2.75) is 38.5 Å². The summed E-state index contributed by atoms with van der Waals surface area (Å²) in [5, 5.41) is 13.1. The van der Waals surface area contributed by atoms with Crippen molar-refractivity contribution in [3.8, 4) is 44.5 Å². The maximum absolute atomic E-state index is 2.56. The standard InChI is InChI=1S/C56H40/c1-55(2)50-23-13-22-44-42(47-29-34-15-6-8-17-37(34)39-19-10-12-21-41(39)47)26-27-45(54(44)50)49-32-52-48(31-53(49)55)43-25-24-35(30-51(43)56(52,3)4)46-28-33-14-5-7-16-36(33)38-18-9-11-20-40(38)46/h5-32H,1-4H3. The van der Waals surface area contributed by atoms with Crippen LogP contribution in [-0.4, -0.2) is 0 Å². The molecule has 0 atom stereocenters. The molecule has 2 aliphatic carbocycles. The Hall–Kier alpha value is -6.50. The second-order valence-electron chi connectivity index (χ2n) is 17.2. The Bertz CT molecular complexity index is 3350. The smallest absolute Gasteiger partial charge is 0.0159 e. The molecule has 0 heterocycles. The van der Waals surface area contributed by atoms with Crippen molar-refractivity contribution in [1.82, 2.24) is 0 Å². The molecule has 0 aliphatic heterocycles. The zero-order chi connectivity index (χ0) is 37.5. The fraction of sp³-hybridized carbons (Fsp3) is 0.107. The molecule has 0 fully saturated rings. The molecule has 0 saturated carbocycles. The summed E-state index contributed by atoms with van der Waals surface area (Å²) in [6.45, 7) is 9.72. The third-order valence-electron chi connectivity index (χ3n) is 13.6. The Kier molecular flexibility index (Phi) is 6.28. The number of fused-ring (bicyclic) bond motifs is 11. The van der Waals surface area contributed by atoms with Crippen molar-refractivity contribution in [2.75, 3.05) is 0 Å². The monoisotopic (exact) mass is 712 g/mol. The lowest BCUT2D eigenvalue weighted by Crippen LogP contribution is -2.24. The van der Waals surface area contributed by atoms with Gasteiger partial charge in [0, 0.05) is 10.8 Å². The van der Waals surface area contributed by atoms with E-state index in [9.17, 15) is 0 Å². The summed E-state index contributed by atoms with van der Waals surface area (Å²) >= 11 is 0. The zero-order valence-electron chi connectivity index (χ0n) is 32.2. The molecule has 0 radical (unpaired) electrons. The number of rotatable bonds is 2. The molecule has 0 heteroatoms. The summed E-state index contributed by atoms with van der Waals surface area (Å²) in [5.74, 6) is 0. The molecule has 10 aromatic carbocycles. The highest BCUT2D eigenvalue weighted by Crippen LogP contribution is 2.57. The molecule has 0 spiro atoms. The summed E-state index contributed by atoms with van der Waals surface area (Å²) in [4.78, 5) is 0. The summed E-state index contributed by atoms with van der Waals surface area (Å²) in [5.41, 5.74) is 15.9. The van der Waals surface area contributed by atoms with Gasteiger partial charge in [0.25, 0.3) is 0 Å². The molecule has 0 N–H and O–H groups in total. The first-order chi connectivity index (χ1) is 27.3. The van der Waals surface area contributed by atoms with Crippen molar-refractivity contribution in [3.05, 3.63) is 192 Å². The van der Waals surface area contributed by atoms with Crippen molar-refractivity contribution in [1.29, 1.82) is 0 Å². The van der Waals surface area contributed by atoms with Crippen LogP contribution in [0.5, 0.6) is 0 Å². The minimum Gasteiger partial charge on any atom is -0.0616 e. The van der Waals surface area contributed by atoms with Crippen LogP contribution in [0.3, 0.4) is 0 Å². The van der Waals surface area contributed by atoms with Gasteiger partial charge in [-0.1, -0.05) is 167 Å². The lowest BCUT2D eigenvalue weighted by atomic mass is 9.66. The molecule has 12 rings (SSSR count). The lowest BCUT2D eigenvalue weighted by molar-refractivity contribution is 0.639. The van der Waals surface area contributed by atoms with E-state index in [1.165, 1.54) is 121 Å². The van der Waals surface area contributed by atoms with E-state index in [1.54, 1.807) is 0 Å². The molecule has 0 aromatic heterocycles. The normalized spacial score (nSPS) is 14.7. The summed E-state index contributed by atoms with van der Waals surface area (Å²) in [6, 6.07) is 64.4. The molecule has 0 saturated heterocycles. The third kappa shape index (κ3) is 4.14. The van der Waals surface area contributed by atoms with Gasteiger partial charge in [-0.25, -0.2) is 0 Å². The van der Waals surface area contributed by atoms with Crippen LogP contribution in [0.2, 0.25) is 0 Å². The van der Waals surface area contributed by atoms with E-state index < -0.39 is 0 Å². The predicted molar refractivity (Wildman–Crippen MR) is 240 cm³/mol. The van der Waals surface area contributed by atoms with Crippen LogP contribution in [0.1, 0.15) is 49.9 Å². The molecule has 10 aromatic rings. The van der Waals surface area contributed by atoms with Gasteiger partial charge in [-0.2, -0.15) is 0 Å². The van der Waals surface area contributed by atoms with Gasteiger partial charge in [0.1, 0.15) is 0 Å². The van der Waals surface area contributed by atoms with Gasteiger partial charge < -0.3 is 0 Å². The van der Waals surface area contributed by atoms with Crippen molar-refractivity contribution >= 4 is 53.9 Å². The van der Waals surface area contributed by atoms with Gasteiger partial charge in [-0.05, 0) is 151 Å². The second-order valence-corrected chi connectivity index (χ2v) is 17.2. The van der Waals surface area contributed by atoms with Crippen LogP contribution in [-0.2, 0) is 10.8 Å². The largest absolute Gasteiger partial charge is 0.0616 e. The Morgan fingerprint density at radius 1 is 0.268 bits per heavy atom. The predicted octanol–water partition coefficient (Wildman–Crippen LogP) is 15.4. The van der Waals surface area contributed by atoms with E-state index in [0.717, 1.165) is 0 Å². The fourth-order valence-electron chi connectivity index (χ4n) is 10.8. The van der Waals surface area contributed by atoms with Gasteiger partial charge >= 0.3 is 0 Å². The molecule has 0 amide bonds. The topological polar surface area (TPSA) is 0 Å². The third-order valence-corrected chi connectivity index (χ3v) is 13.6.